The molecular formula is C21H27NO4S. The maximum atomic E-state index is 10.7. The topological polar surface area (TPSA) is 72.6 Å². The summed E-state index contributed by atoms with van der Waals surface area (Å²) in [7, 11) is 0. The Morgan fingerprint density at radius 3 is 2.81 bits per heavy atom. The van der Waals surface area contributed by atoms with Gasteiger partial charge in [0.25, 0.3) is 0 Å². The lowest BCUT2D eigenvalue weighted by atomic mass is 9.88. The molecule has 0 spiro atoms. The molecule has 0 amide bonds. The summed E-state index contributed by atoms with van der Waals surface area (Å²) in [5, 5.41) is 8.77. The molecule has 1 fully saturated rings. The highest BCUT2D eigenvalue weighted by Crippen LogP contribution is 2.30. The fourth-order valence-corrected chi connectivity index (χ4v) is 4.36. The fourth-order valence-electron chi connectivity index (χ4n) is 3.44. The Labute approximate surface area is 164 Å². The molecule has 2 unspecified atom stereocenters. The Morgan fingerprint density at radius 1 is 1.30 bits per heavy atom. The molecule has 1 aromatic heterocycles. The molecule has 146 valence electrons. The van der Waals surface area contributed by atoms with Crippen LogP contribution in [0.5, 0.6) is 0 Å². The summed E-state index contributed by atoms with van der Waals surface area (Å²) in [6.07, 6.45) is 4.56. The van der Waals surface area contributed by atoms with Crippen molar-refractivity contribution < 1.29 is 19.1 Å². The predicted octanol–water partition coefficient (Wildman–Crippen LogP) is 4.85. The number of hydrogen-bond donors (Lipinski definition) is 1. The number of thioether (sulfide) groups is 1. The third-order valence-corrected chi connectivity index (χ3v) is 6.12. The lowest BCUT2D eigenvalue weighted by Gasteiger charge is -2.28. The summed E-state index contributed by atoms with van der Waals surface area (Å²) in [6.45, 7) is 4.44. The maximum Gasteiger partial charge on any atom is 0.313 e. The largest absolute Gasteiger partial charge is 0.481 e. The van der Waals surface area contributed by atoms with Crippen molar-refractivity contribution in [2.24, 2.45) is 5.92 Å². The van der Waals surface area contributed by atoms with E-state index in [0.717, 1.165) is 48.5 Å². The standard InChI is InChI=1S/C21H27NO4S/c1-14-6-8-17(9-7-14)21-22-19(15(2)26-21)11-25-18-5-3-4-16(10-18)12-27-13-20(23)24/h6-9,16,18H,3-5,10-13H2,1-2H3,(H,23,24). The number of hydrogen-bond acceptors (Lipinski definition) is 5. The molecule has 3 rings (SSSR count). The van der Waals surface area contributed by atoms with Crippen LogP contribution in [-0.4, -0.2) is 33.7 Å². The van der Waals surface area contributed by atoms with Gasteiger partial charge in [-0.25, -0.2) is 4.98 Å². The van der Waals surface area contributed by atoms with Crippen LogP contribution in [0.2, 0.25) is 0 Å². The number of aromatic nitrogens is 1. The van der Waals surface area contributed by atoms with Crippen molar-refractivity contribution in [1.29, 1.82) is 0 Å². The van der Waals surface area contributed by atoms with Crippen LogP contribution >= 0.6 is 11.8 Å². The highest BCUT2D eigenvalue weighted by molar-refractivity contribution is 7.99. The van der Waals surface area contributed by atoms with E-state index in [1.807, 2.05) is 19.1 Å². The van der Waals surface area contributed by atoms with Gasteiger partial charge in [-0.1, -0.05) is 24.1 Å². The fraction of sp³-hybridized carbons (Fsp3) is 0.524. The Kier molecular flexibility index (Phi) is 6.96. The number of ether oxygens (including phenoxy) is 1. The summed E-state index contributed by atoms with van der Waals surface area (Å²) in [6, 6.07) is 8.14. The molecule has 1 aliphatic carbocycles. The van der Waals surface area contributed by atoms with Gasteiger partial charge in [0, 0.05) is 5.56 Å². The molecule has 2 aromatic rings. The normalized spacial score (nSPS) is 19.9. The molecule has 6 heteroatoms. The van der Waals surface area contributed by atoms with E-state index in [1.165, 1.54) is 17.3 Å². The maximum absolute atomic E-state index is 10.7. The molecule has 1 saturated carbocycles. The van der Waals surface area contributed by atoms with Gasteiger partial charge in [-0.2, -0.15) is 0 Å². The molecular weight excluding hydrogens is 362 g/mol. The second-order valence-corrected chi connectivity index (χ2v) is 8.29. The average molecular weight is 390 g/mol. The van der Waals surface area contributed by atoms with Gasteiger partial charge in [-0.05, 0) is 56.9 Å². The summed E-state index contributed by atoms with van der Waals surface area (Å²) in [5.41, 5.74) is 3.04. The molecule has 1 N–H and O–H groups in total. The van der Waals surface area contributed by atoms with Gasteiger partial charge >= 0.3 is 5.97 Å². The van der Waals surface area contributed by atoms with E-state index in [0.29, 0.717) is 18.4 Å². The zero-order valence-corrected chi connectivity index (χ0v) is 16.8. The number of oxazole rings is 1. The SMILES string of the molecule is Cc1ccc(-c2nc(COC3CCCC(CSCC(=O)O)C3)c(C)o2)cc1. The van der Waals surface area contributed by atoms with Gasteiger partial charge in [0.05, 0.1) is 18.5 Å². The number of rotatable bonds is 8. The number of carboxylic acid groups (broad SMARTS) is 1. The van der Waals surface area contributed by atoms with Gasteiger partial charge < -0.3 is 14.3 Å². The molecule has 1 aliphatic rings. The van der Waals surface area contributed by atoms with Crippen molar-refractivity contribution in [3.05, 3.63) is 41.3 Å². The van der Waals surface area contributed by atoms with Crippen molar-refractivity contribution in [2.75, 3.05) is 11.5 Å². The van der Waals surface area contributed by atoms with E-state index in [9.17, 15) is 4.79 Å². The zero-order valence-electron chi connectivity index (χ0n) is 15.9. The smallest absolute Gasteiger partial charge is 0.313 e. The highest BCUT2D eigenvalue weighted by atomic mass is 32.2. The summed E-state index contributed by atoms with van der Waals surface area (Å²) in [4.78, 5) is 15.3. The van der Waals surface area contributed by atoms with Gasteiger partial charge in [0.15, 0.2) is 0 Å². The van der Waals surface area contributed by atoms with Crippen LogP contribution in [0.3, 0.4) is 0 Å². The first-order valence-electron chi connectivity index (χ1n) is 9.45. The Morgan fingerprint density at radius 2 is 2.07 bits per heavy atom. The minimum atomic E-state index is -0.741. The first kappa shape index (κ1) is 20.0. The Hall–Kier alpha value is -1.79. The molecule has 0 saturated heterocycles. The van der Waals surface area contributed by atoms with E-state index >= 15 is 0 Å². The van der Waals surface area contributed by atoms with E-state index in [-0.39, 0.29) is 11.9 Å². The molecule has 0 bridgehead atoms. The molecule has 5 nitrogen and oxygen atoms in total. The number of aryl methyl sites for hydroxylation is 2. The third-order valence-electron chi connectivity index (χ3n) is 4.96. The second kappa shape index (κ2) is 9.42. The third kappa shape index (κ3) is 5.84. The van der Waals surface area contributed by atoms with Crippen LogP contribution in [-0.2, 0) is 16.1 Å². The lowest BCUT2D eigenvalue weighted by Crippen LogP contribution is -2.24. The first-order chi connectivity index (χ1) is 13.0. The van der Waals surface area contributed by atoms with Crippen LogP contribution < -0.4 is 0 Å². The van der Waals surface area contributed by atoms with Crippen molar-refractivity contribution in [1.82, 2.24) is 4.98 Å². The van der Waals surface area contributed by atoms with E-state index < -0.39 is 5.97 Å². The van der Waals surface area contributed by atoms with Crippen molar-refractivity contribution in [3.63, 3.8) is 0 Å². The molecule has 27 heavy (non-hydrogen) atoms. The number of nitrogens with zero attached hydrogens (tertiary/aromatic N) is 1. The molecule has 1 aromatic carbocycles. The number of carboxylic acids is 1. The van der Waals surface area contributed by atoms with Crippen molar-refractivity contribution in [3.8, 4) is 11.5 Å². The lowest BCUT2D eigenvalue weighted by molar-refractivity contribution is -0.133. The monoisotopic (exact) mass is 389 g/mol. The van der Waals surface area contributed by atoms with Crippen LogP contribution in [0.4, 0.5) is 0 Å². The number of carbonyl (C=O) groups is 1. The van der Waals surface area contributed by atoms with Crippen LogP contribution in [0, 0.1) is 19.8 Å². The van der Waals surface area contributed by atoms with Crippen molar-refractivity contribution in [2.45, 2.75) is 52.2 Å². The number of aliphatic carboxylic acids is 1. The average Bonchev–Trinajstić information content (AvgIpc) is 3.01. The van der Waals surface area contributed by atoms with E-state index in [1.54, 1.807) is 0 Å². The van der Waals surface area contributed by atoms with Crippen molar-refractivity contribution >= 4 is 17.7 Å². The Bertz CT molecular complexity index is 756. The van der Waals surface area contributed by atoms with Gasteiger partial charge in [-0.3, -0.25) is 4.79 Å². The quantitative estimate of drug-likeness (QED) is 0.696. The van der Waals surface area contributed by atoms with Gasteiger partial charge in [-0.15, -0.1) is 11.8 Å². The highest BCUT2D eigenvalue weighted by Gasteiger charge is 2.23. The minimum Gasteiger partial charge on any atom is -0.481 e. The van der Waals surface area contributed by atoms with Gasteiger partial charge in [0.2, 0.25) is 5.89 Å². The molecule has 0 radical (unpaired) electrons. The predicted molar refractivity (Wildman–Crippen MR) is 107 cm³/mol. The van der Waals surface area contributed by atoms with Crippen LogP contribution in [0.25, 0.3) is 11.5 Å². The second-order valence-electron chi connectivity index (χ2n) is 7.26. The van der Waals surface area contributed by atoms with E-state index in [4.69, 9.17) is 14.3 Å². The molecule has 1 heterocycles. The number of benzene rings is 1. The molecule has 2 atom stereocenters. The summed E-state index contributed by atoms with van der Waals surface area (Å²) in [5.74, 6) is 2.31. The summed E-state index contributed by atoms with van der Waals surface area (Å²) < 4.78 is 12.0. The Balaban J connectivity index is 1.52. The van der Waals surface area contributed by atoms with Gasteiger partial charge in [0.1, 0.15) is 11.5 Å². The van der Waals surface area contributed by atoms with Crippen LogP contribution in [0.15, 0.2) is 28.7 Å². The zero-order chi connectivity index (χ0) is 19.2. The van der Waals surface area contributed by atoms with Crippen LogP contribution in [0.1, 0.15) is 42.7 Å². The molecule has 0 aliphatic heterocycles. The minimum absolute atomic E-state index is 0.182. The first-order valence-corrected chi connectivity index (χ1v) is 10.6. The summed E-state index contributed by atoms with van der Waals surface area (Å²) >= 11 is 1.51. The van der Waals surface area contributed by atoms with E-state index in [2.05, 4.69) is 24.0 Å².